The summed E-state index contributed by atoms with van der Waals surface area (Å²) in [4.78, 5) is 14.1. The van der Waals surface area contributed by atoms with Gasteiger partial charge in [0.2, 0.25) is 0 Å². The lowest BCUT2D eigenvalue weighted by Crippen LogP contribution is -2.08. The van der Waals surface area contributed by atoms with Gasteiger partial charge in [-0.05, 0) is 0 Å². The molecule has 0 aliphatic heterocycles. The summed E-state index contributed by atoms with van der Waals surface area (Å²) in [5.74, 6) is -2.79. The summed E-state index contributed by atoms with van der Waals surface area (Å²) in [5, 5.41) is 17.8. The first-order chi connectivity index (χ1) is 6.99. The van der Waals surface area contributed by atoms with Crippen LogP contribution >= 0.6 is 11.6 Å². The van der Waals surface area contributed by atoms with Gasteiger partial charge in [-0.1, -0.05) is 0 Å². The smallest absolute Gasteiger partial charge is 0.340 e. The van der Waals surface area contributed by atoms with Crippen LogP contribution in [0.5, 0.6) is 5.75 Å². The second-order valence-electron chi connectivity index (χ2n) is 2.62. The monoisotopic (exact) mass is 237 g/mol. The highest BCUT2D eigenvalue weighted by Crippen LogP contribution is 2.31. The number of hydrogen-bond donors (Lipinski definition) is 2. The summed E-state index contributed by atoms with van der Waals surface area (Å²) in [7, 11) is 0. The Morgan fingerprint density at radius 1 is 1.60 bits per heavy atom. The molecule has 0 atom stereocenters. The Balaban J connectivity index is 3.51. The normalized spacial score (nSPS) is 10.7. The maximum atomic E-state index is 12.5. The quantitative estimate of drug-likeness (QED) is 0.791. The summed E-state index contributed by atoms with van der Waals surface area (Å²) in [6, 6.07) is 0. The molecule has 0 saturated carbocycles. The van der Waals surface area contributed by atoms with Crippen molar-refractivity contribution >= 4 is 17.6 Å². The van der Waals surface area contributed by atoms with Crippen LogP contribution < -0.4 is 0 Å². The highest BCUT2D eigenvalue weighted by molar-refractivity contribution is 6.17. The Hall–Kier alpha value is -1.43. The number of carbonyl (C=O) groups is 1. The Bertz CT molecular complexity index is 398. The van der Waals surface area contributed by atoms with Gasteiger partial charge >= 0.3 is 5.97 Å². The number of alkyl halides is 3. The third-order valence-corrected chi connectivity index (χ3v) is 1.99. The third kappa shape index (κ3) is 2.15. The molecule has 1 aromatic rings. The van der Waals surface area contributed by atoms with Crippen molar-refractivity contribution in [2.24, 2.45) is 0 Å². The topological polar surface area (TPSA) is 70.4 Å². The molecule has 0 unspecified atom stereocenters. The van der Waals surface area contributed by atoms with Gasteiger partial charge in [0.15, 0.2) is 0 Å². The maximum absolute atomic E-state index is 12.5. The van der Waals surface area contributed by atoms with E-state index < -0.39 is 29.3 Å². The molecule has 0 amide bonds. The van der Waals surface area contributed by atoms with E-state index in [-0.39, 0.29) is 11.6 Å². The first-order valence-electron chi connectivity index (χ1n) is 3.77. The van der Waals surface area contributed by atoms with E-state index in [0.29, 0.717) is 0 Å². The largest absolute Gasteiger partial charge is 0.505 e. The van der Waals surface area contributed by atoms with Gasteiger partial charge in [-0.25, -0.2) is 13.6 Å². The molecule has 0 aliphatic carbocycles. The number of aromatic hydroxyl groups is 1. The number of carboxylic acids is 1. The van der Waals surface area contributed by atoms with Gasteiger partial charge in [-0.2, -0.15) is 0 Å². The molecule has 1 aromatic heterocycles. The van der Waals surface area contributed by atoms with E-state index in [4.69, 9.17) is 21.8 Å². The van der Waals surface area contributed by atoms with Crippen LogP contribution in [-0.4, -0.2) is 21.2 Å². The van der Waals surface area contributed by atoms with Crippen molar-refractivity contribution in [1.29, 1.82) is 0 Å². The predicted octanol–water partition coefficient (Wildman–Crippen LogP) is 2.16. The summed E-state index contributed by atoms with van der Waals surface area (Å²) in [6.07, 6.45) is -2.27. The molecule has 7 heteroatoms. The molecular weight excluding hydrogens is 232 g/mol. The maximum Gasteiger partial charge on any atom is 0.340 e. The van der Waals surface area contributed by atoms with Crippen molar-refractivity contribution in [2.45, 2.75) is 12.3 Å². The summed E-state index contributed by atoms with van der Waals surface area (Å²) in [6.45, 7) is 0. The number of pyridine rings is 1. The Morgan fingerprint density at radius 3 is 2.60 bits per heavy atom. The van der Waals surface area contributed by atoms with E-state index >= 15 is 0 Å². The third-order valence-electron chi connectivity index (χ3n) is 1.74. The zero-order chi connectivity index (χ0) is 11.6. The van der Waals surface area contributed by atoms with Gasteiger partial charge < -0.3 is 10.2 Å². The molecule has 0 aromatic carbocycles. The highest BCUT2D eigenvalue weighted by Gasteiger charge is 2.25. The number of carboxylic acid groups (broad SMARTS) is 1. The molecule has 0 spiro atoms. The highest BCUT2D eigenvalue weighted by atomic mass is 35.5. The minimum atomic E-state index is -3.05. The first kappa shape index (κ1) is 11.6. The number of nitrogens with zero attached hydrogens (tertiary/aromatic N) is 1. The number of rotatable bonds is 3. The molecule has 2 N–H and O–H groups in total. The van der Waals surface area contributed by atoms with Crippen molar-refractivity contribution in [3.63, 3.8) is 0 Å². The average Bonchev–Trinajstić information content (AvgIpc) is 2.16. The van der Waals surface area contributed by atoms with E-state index in [0.717, 1.165) is 6.20 Å². The van der Waals surface area contributed by atoms with Gasteiger partial charge in [-0.3, -0.25) is 4.98 Å². The zero-order valence-electron chi connectivity index (χ0n) is 7.25. The van der Waals surface area contributed by atoms with Crippen LogP contribution in [0.4, 0.5) is 8.78 Å². The summed E-state index contributed by atoms with van der Waals surface area (Å²) < 4.78 is 25.1. The fourth-order valence-corrected chi connectivity index (χ4v) is 1.33. The molecule has 1 heterocycles. The predicted molar refractivity (Wildman–Crippen MR) is 47.4 cm³/mol. The van der Waals surface area contributed by atoms with E-state index in [1.165, 1.54) is 0 Å². The average molecular weight is 238 g/mol. The lowest BCUT2D eigenvalue weighted by Gasteiger charge is -2.10. The second kappa shape index (κ2) is 4.39. The molecule has 82 valence electrons. The van der Waals surface area contributed by atoms with Crippen LogP contribution in [-0.2, 0) is 5.88 Å². The van der Waals surface area contributed by atoms with Crippen molar-refractivity contribution in [3.05, 3.63) is 23.0 Å². The van der Waals surface area contributed by atoms with Crippen LogP contribution in [0.2, 0.25) is 0 Å². The van der Waals surface area contributed by atoms with Crippen molar-refractivity contribution in [1.82, 2.24) is 4.98 Å². The molecule has 1 rings (SSSR count). The van der Waals surface area contributed by atoms with Gasteiger partial charge in [0.1, 0.15) is 11.3 Å². The Kier molecular flexibility index (Phi) is 3.41. The van der Waals surface area contributed by atoms with Gasteiger partial charge in [0, 0.05) is 0 Å². The van der Waals surface area contributed by atoms with Crippen LogP contribution in [0, 0.1) is 0 Å². The van der Waals surface area contributed by atoms with E-state index in [2.05, 4.69) is 4.98 Å². The molecular formula is C8H6ClF2NO3. The van der Waals surface area contributed by atoms with Gasteiger partial charge in [0.25, 0.3) is 6.43 Å². The fourth-order valence-electron chi connectivity index (χ4n) is 1.12. The Morgan fingerprint density at radius 2 is 2.20 bits per heavy atom. The summed E-state index contributed by atoms with van der Waals surface area (Å²) in [5.41, 5.74) is -1.94. The molecule has 0 aliphatic rings. The minimum absolute atomic E-state index is 0.248. The summed E-state index contributed by atoms with van der Waals surface area (Å²) >= 11 is 5.33. The number of aromatic nitrogens is 1. The molecule has 15 heavy (non-hydrogen) atoms. The van der Waals surface area contributed by atoms with Crippen LogP contribution in [0.1, 0.15) is 28.0 Å². The number of hydrogen-bond acceptors (Lipinski definition) is 3. The Labute approximate surface area is 88.1 Å². The lowest BCUT2D eigenvalue weighted by molar-refractivity contribution is 0.0680. The van der Waals surface area contributed by atoms with Crippen LogP contribution in [0.15, 0.2) is 6.20 Å². The fraction of sp³-hybridized carbons (Fsp3) is 0.250. The van der Waals surface area contributed by atoms with Crippen molar-refractivity contribution < 1.29 is 23.8 Å². The molecule has 0 bridgehead atoms. The minimum Gasteiger partial charge on any atom is -0.505 e. The zero-order valence-corrected chi connectivity index (χ0v) is 8.00. The van der Waals surface area contributed by atoms with Crippen molar-refractivity contribution in [2.75, 3.05) is 0 Å². The standard InChI is InChI=1S/C8H6ClF2NO3/c9-1-3-5(7(10)11)6(8(14)15)4(13)2-12-3/h2,7,13H,1H2,(H,14,15). The van der Waals surface area contributed by atoms with Crippen LogP contribution in [0.3, 0.4) is 0 Å². The van der Waals surface area contributed by atoms with Gasteiger partial charge in [-0.15, -0.1) is 11.6 Å². The molecule has 0 saturated heterocycles. The number of aromatic carboxylic acids is 1. The molecule has 0 fully saturated rings. The van der Waals surface area contributed by atoms with Gasteiger partial charge in [0.05, 0.1) is 23.3 Å². The molecule has 4 nitrogen and oxygen atoms in total. The van der Waals surface area contributed by atoms with E-state index in [1.54, 1.807) is 0 Å². The van der Waals surface area contributed by atoms with Crippen molar-refractivity contribution in [3.8, 4) is 5.75 Å². The first-order valence-corrected chi connectivity index (χ1v) is 4.30. The van der Waals surface area contributed by atoms with Crippen LogP contribution in [0.25, 0.3) is 0 Å². The van der Waals surface area contributed by atoms with E-state index in [9.17, 15) is 13.6 Å². The number of halogens is 3. The lowest BCUT2D eigenvalue weighted by atomic mass is 10.1. The molecule has 0 radical (unpaired) electrons. The SMILES string of the molecule is O=C(O)c1c(O)cnc(CCl)c1C(F)F. The second-order valence-corrected chi connectivity index (χ2v) is 2.89. The van der Waals surface area contributed by atoms with E-state index in [1.807, 2.05) is 0 Å².